The van der Waals surface area contributed by atoms with Crippen LogP contribution < -0.4 is 16.0 Å². The van der Waals surface area contributed by atoms with Gasteiger partial charge >= 0.3 is 6.03 Å². The SMILES string of the molecule is O=C(Nc1ccccc1)Nc1ccc2nc(NC3CCc4ccccc43)ccc2c1. The average molecular weight is 394 g/mol. The van der Waals surface area contributed by atoms with E-state index in [1.165, 1.54) is 11.1 Å². The first-order chi connectivity index (χ1) is 14.7. The summed E-state index contributed by atoms with van der Waals surface area (Å²) in [7, 11) is 0. The standard InChI is InChI=1S/C25H22N4O/c30-25(26-19-7-2-1-3-8-19)27-20-12-14-22-18(16-20)11-15-24(28-22)29-23-13-10-17-6-4-5-9-21(17)23/h1-9,11-12,14-16,23H,10,13H2,(H,28,29)(H2,26,27,30). The molecule has 5 heteroatoms. The fourth-order valence-corrected chi connectivity index (χ4v) is 3.98. The number of hydrogen-bond donors (Lipinski definition) is 3. The van der Waals surface area contributed by atoms with Gasteiger partial charge in [-0.05, 0) is 66.4 Å². The molecule has 0 aliphatic heterocycles. The second-order valence-corrected chi connectivity index (χ2v) is 7.48. The fraction of sp³-hybridized carbons (Fsp3) is 0.120. The molecule has 0 spiro atoms. The third kappa shape index (κ3) is 3.82. The van der Waals surface area contributed by atoms with Gasteiger partial charge in [-0.3, -0.25) is 0 Å². The highest BCUT2D eigenvalue weighted by molar-refractivity contribution is 6.01. The monoisotopic (exact) mass is 394 g/mol. The molecule has 0 fully saturated rings. The summed E-state index contributed by atoms with van der Waals surface area (Å²) in [6.07, 6.45) is 2.18. The Labute approximate surface area is 175 Å². The van der Waals surface area contributed by atoms with Crippen molar-refractivity contribution in [3.8, 4) is 0 Å². The van der Waals surface area contributed by atoms with Crippen LogP contribution in [-0.2, 0) is 6.42 Å². The van der Waals surface area contributed by atoms with Gasteiger partial charge in [0.2, 0.25) is 0 Å². The van der Waals surface area contributed by atoms with Crippen molar-refractivity contribution in [2.24, 2.45) is 0 Å². The number of amides is 2. The zero-order valence-corrected chi connectivity index (χ0v) is 16.4. The van der Waals surface area contributed by atoms with E-state index in [0.717, 1.165) is 40.9 Å². The van der Waals surface area contributed by atoms with Crippen molar-refractivity contribution >= 4 is 34.1 Å². The third-order valence-corrected chi connectivity index (χ3v) is 5.43. The predicted octanol–water partition coefficient (Wildman–Crippen LogP) is 5.98. The quantitative estimate of drug-likeness (QED) is 0.399. The van der Waals surface area contributed by atoms with Crippen molar-refractivity contribution in [2.75, 3.05) is 16.0 Å². The van der Waals surface area contributed by atoms with E-state index >= 15 is 0 Å². The minimum Gasteiger partial charge on any atom is -0.363 e. The fourth-order valence-electron chi connectivity index (χ4n) is 3.98. The molecule has 148 valence electrons. The number of pyridine rings is 1. The Morgan fingerprint density at radius 1 is 0.833 bits per heavy atom. The number of carbonyl (C=O) groups is 1. The van der Waals surface area contributed by atoms with Gasteiger partial charge in [0.1, 0.15) is 5.82 Å². The highest BCUT2D eigenvalue weighted by Crippen LogP contribution is 2.33. The molecule has 2 amide bonds. The molecule has 3 N–H and O–H groups in total. The molecule has 1 unspecified atom stereocenters. The molecular formula is C25H22N4O. The summed E-state index contributed by atoms with van der Waals surface area (Å²) in [6, 6.07) is 27.8. The first-order valence-corrected chi connectivity index (χ1v) is 10.1. The molecule has 4 aromatic rings. The predicted molar refractivity (Wildman–Crippen MR) is 122 cm³/mol. The Balaban J connectivity index is 1.29. The Kier molecular flexibility index (Phi) is 4.77. The van der Waals surface area contributed by atoms with Crippen molar-refractivity contribution in [3.05, 3.63) is 96.1 Å². The first-order valence-electron chi connectivity index (χ1n) is 10.1. The van der Waals surface area contributed by atoms with Crippen LogP contribution in [-0.4, -0.2) is 11.0 Å². The summed E-state index contributed by atoms with van der Waals surface area (Å²) in [6.45, 7) is 0. The van der Waals surface area contributed by atoms with Crippen molar-refractivity contribution in [1.29, 1.82) is 0 Å². The van der Waals surface area contributed by atoms with E-state index in [0.29, 0.717) is 6.04 Å². The molecule has 0 radical (unpaired) electrons. The molecule has 0 saturated carbocycles. The van der Waals surface area contributed by atoms with Gasteiger partial charge < -0.3 is 16.0 Å². The molecule has 5 rings (SSSR count). The second kappa shape index (κ2) is 7.87. The number of urea groups is 1. The van der Waals surface area contributed by atoms with E-state index < -0.39 is 0 Å². The van der Waals surface area contributed by atoms with E-state index in [1.807, 2.05) is 60.7 Å². The molecule has 3 aromatic carbocycles. The molecular weight excluding hydrogens is 372 g/mol. The molecule has 0 saturated heterocycles. The van der Waals surface area contributed by atoms with Gasteiger partial charge in [-0.25, -0.2) is 9.78 Å². The number of hydrogen-bond acceptors (Lipinski definition) is 3. The molecule has 0 bridgehead atoms. The lowest BCUT2D eigenvalue weighted by Crippen LogP contribution is -2.19. The van der Waals surface area contributed by atoms with Gasteiger partial charge in [-0.1, -0.05) is 42.5 Å². The number of nitrogens with zero attached hydrogens (tertiary/aromatic N) is 1. The maximum absolute atomic E-state index is 12.2. The van der Waals surface area contributed by atoms with Crippen LogP contribution in [0.15, 0.2) is 84.9 Å². The lowest BCUT2D eigenvalue weighted by Gasteiger charge is -2.15. The normalized spacial score (nSPS) is 14.9. The Morgan fingerprint density at radius 3 is 2.53 bits per heavy atom. The minimum atomic E-state index is -0.272. The number of benzene rings is 3. The molecule has 1 aliphatic rings. The molecule has 30 heavy (non-hydrogen) atoms. The number of aryl methyl sites for hydroxylation is 1. The molecule has 1 atom stereocenters. The number of rotatable bonds is 4. The van der Waals surface area contributed by atoms with E-state index in [1.54, 1.807) is 0 Å². The van der Waals surface area contributed by atoms with Crippen LogP contribution in [0.4, 0.5) is 22.0 Å². The van der Waals surface area contributed by atoms with Crippen LogP contribution in [0.25, 0.3) is 10.9 Å². The van der Waals surface area contributed by atoms with E-state index in [9.17, 15) is 4.79 Å². The number of carbonyl (C=O) groups excluding carboxylic acids is 1. The second-order valence-electron chi connectivity index (χ2n) is 7.48. The molecule has 1 aromatic heterocycles. The van der Waals surface area contributed by atoms with Gasteiger partial charge in [0.05, 0.1) is 11.6 Å². The van der Waals surface area contributed by atoms with Crippen LogP contribution in [0.2, 0.25) is 0 Å². The first kappa shape index (κ1) is 18.2. The van der Waals surface area contributed by atoms with Crippen LogP contribution in [0.3, 0.4) is 0 Å². The maximum Gasteiger partial charge on any atom is 0.323 e. The van der Waals surface area contributed by atoms with Crippen LogP contribution in [0.5, 0.6) is 0 Å². The van der Waals surface area contributed by atoms with E-state index in [2.05, 4.69) is 40.2 Å². The van der Waals surface area contributed by atoms with Crippen LogP contribution in [0, 0.1) is 0 Å². The number of nitrogens with one attached hydrogen (secondary N) is 3. The highest BCUT2D eigenvalue weighted by Gasteiger charge is 2.21. The highest BCUT2D eigenvalue weighted by atomic mass is 16.2. The Bertz CT molecular complexity index is 1210. The van der Waals surface area contributed by atoms with E-state index in [4.69, 9.17) is 4.98 Å². The van der Waals surface area contributed by atoms with Crippen molar-refractivity contribution in [3.63, 3.8) is 0 Å². The van der Waals surface area contributed by atoms with Crippen LogP contribution in [0.1, 0.15) is 23.6 Å². The summed E-state index contributed by atoms with van der Waals surface area (Å²) in [5, 5.41) is 10.2. The summed E-state index contributed by atoms with van der Waals surface area (Å²) in [5.74, 6) is 0.867. The zero-order chi connectivity index (χ0) is 20.3. The Hall–Kier alpha value is -3.86. The summed E-state index contributed by atoms with van der Waals surface area (Å²) >= 11 is 0. The lowest BCUT2D eigenvalue weighted by atomic mass is 10.1. The zero-order valence-electron chi connectivity index (χ0n) is 16.4. The van der Waals surface area contributed by atoms with Gasteiger partial charge in [0, 0.05) is 16.8 Å². The van der Waals surface area contributed by atoms with Crippen molar-refractivity contribution in [1.82, 2.24) is 4.98 Å². The number of para-hydroxylation sites is 1. The van der Waals surface area contributed by atoms with Gasteiger partial charge in [0.25, 0.3) is 0 Å². The largest absolute Gasteiger partial charge is 0.363 e. The molecule has 1 aliphatic carbocycles. The van der Waals surface area contributed by atoms with Gasteiger partial charge in [-0.15, -0.1) is 0 Å². The smallest absolute Gasteiger partial charge is 0.323 e. The lowest BCUT2D eigenvalue weighted by molar-refractivity contribution is 0.262. The number of aromatic nitrogens is 1. The minimum absolute atomic E-state index is 0.272. The maximum atomic E-state index is 12.2. The van der Waals surface area contributed by atoms with Crippen LogP contribution >= 0.6 is 0 Å². The number of anilines is 3. The van der Waals surface area contributed by atoms with Gasteiger partial charge in [-0.2, -0.15) is 0 Å². The van der Waals surface area contributed by atoms with Crippen molar-refractivity contribution in [2.45, 2.75) is 18.9 Å². The Morgan fingerprint density at radius 2 is 1.63 bits per heavy atom. The van der Waals surface area contributed by atoms with Crippen molar-refractivity contribution < 1.29 is 4.79 Å². The number of fused-ring (bicyclic) bond motifs is 2. The van der Waals surface area contributed by atoms with E-state index in [-0.39, 0.29) is 6.03 Å². The van der Waals surface area contributed by atoms with Gasteiger partial charge in [0.15, 0.2) is 0 Å². The topological polar surface area (TPSA) is 66.0 Å². The summed E-state index contributed by atoms with van der Waals surface area (Å²) in [4.78, 5) is 17.0. The summed E-state index contributed by atoms with van der Waals surface area (Å²) < 4.78 is 0. The molecule has 5 nitrogen and oxygen atoms in total. The summed E-state index contributed by atoms with van der Waals surface area (Å²) in [5.41, 5.74) is 5.15. The third-order valence-electron chi connectivity index (χ3n) is 5.43. The molecule has 1 heterocycles. The average Bonchev–Trinajstić information content (AvgIpc) is 3.17.